The van der Waals surface area contributed by atoms with Crippen molar-refractivity contribution in [1.82, 2.24) is 4.90 Å². The van der Waals surface area contributed by atoms with Crippen LogP contribution in [0, 0.1) is 0 Å². The highest BCUT2D eigenvalue weighted by atomic mass is 35.5. The Hall–Kier alpha value is -2.47. The Labute approximate surface area is 176 Å². The van der Waals surface area contributed by atoms with Crippen LogP contribution in [0.5, 0.6) is 17.2 Å². The van der Waals surface area contributed by atoms with Crippen LogP contribution in [0.15, 0.2) is 30.5 Å². The average Bonchev–Trinajstić information content (AvgIpc) is 2.94. The molecule has 0 amide bonds. The molecule has 0 radical (unpaired) electrons. The van der Waals surface area contributed by atoms with Crippen molar-refractivity contribution >= 4 is 28.7 Å². The summed E-state index contributed by atoms with van der Waals surface area (Å²) in [4.78, 5) is 27.2. The molecule has 0 N–H and O–H groups in total. The van der Waals surface area contributed by atoms with Gasteiger partial charge in [0.15, 0.2) is 10.7 Å². The summed E-state index contributed by atoms with van der Waals surface area (Å²) in [6, 6.07) is 3.33. The molecule has 1 fully saturated rings. The van der Waals surface area contributed by atoms with E-state index in [1.54, 1.807) is 12.1 Å². The lowest BCUT2D eigenvalue weighted by atomic mass is 9.94. The standard InChI is InChI=1S/C22H26ClNO5/c1-5-9-22(23)20(25)18(19(21(22)26)24-10-7-6-8-11-24)17-15(28-3)12-14(27-2)13-16(17)29-4/h5,12-13H,1,6-11H2,2-4H3. The molecule has 1 aromatic carbocycles. The molecule has 0 spiro atoms. The van der Waals surface area contributed by atoms with Gasteiger partial charge in [-0.2, -0.15) is 0 Å². The zero-order valence-corrected chi connectivity index (χ0v) is 17.8. The predicted octanol–water partition coefficient (Wildman–Crippen LogP) is 3.61. The summed E-state index contributed by atoms with van der Waals surface area (Å²) in [6.45, 7) is 5.07. The number of hydrogen-bond acceptors (Lipinski definition) is 6. The summed E-state index contributed by atoms with van der Waals surface area (Å²) in [5.41, 5.74) is 1.000. The molecule has 1 aliphatic heterocycles. The van der Waals surface area contributed by atoms with Crippen LogP contribution in [0.1, 0.15) is 31.2 Å². The van der Waals surface area contributed by atoms with Crippen molar-refractivity contribution in [2.24, 2.45) is 0 Å². The van der Waals surface area contributed by atoms with E-state index in [9.17, 15) is 9.59 Å². The summed E-state index contributed by atoms with van der Waals surface area (Å²) >= 11 is 6.63. The van der Waals surface area contributed by atoms with E-state index in [1.807, 2.05) is 4.90 Å². The third-order valence-electron chi connectivity index (χ3n) is 5.46. The highest BCUT2D eigenvalue weighted by molar-refractivity contribution is 6.61. The third-order valence-corrected chi connectivity index (χ3v) is 5.96. The molecule has 0 bridgehead atoms. The van der Waals surface area contributed by atoms with Crippen LogP contribution in [0.2, 0.25) is 0 Å². The molecule has 1 aromatic rings. The van der Waals surface area contributed by atoms with Crippen LogP contribution in [0.3, 0.4) is 0 Å². The molecular weight excluding hydrogens is 394 g/mol. The Morgan fingerprint density at radius 3 is 2.10 bits per heavy atom. The molecule has 1 aliphatic carbocycles. The highest BCUT2D eigenvalue weighted by Gasteiger charge is 2.55. The summed E-state index contributed by atoms with van der Waals surface area (Å²) in [6.07, 6.45) is 4.54. The van der Waals surface area contributed by atoms with Gasteiger partial charge in [-0.25, -0.2) is 0 Å². The molecule has 0 aromatic heterocycles. The third kappa shape index (κ3) is 3.50. The van der Waals surface area contributed by atoms with Crippen molar-refractivity contribution in [2.75, 3.05) is 34.4 Å². The first-order chi connectivity index (χ1) is 13.9. The second kappa shape index (κ2) is 8.49. The fourth-order valence-electron chi connectivity index (χ4n) is 4.00. The normalized spacial score (nSPS) is 22.1. The molecule has 1 atom stereocenters. The van der Waals surface area contributed by atoms with Crippen molar-refractivity contribution in [3.63, 3.8) is 0 Å². The molecule has 29 heavy (non-hydrogen) atoms. The first-order valence-electron chi connectivity index (χ1n) is 9.62. The number of carbonyl (C=O) groups excluding carboxylic acids is 2. The van der Waals surface area contributed by atoms with E-state index >= 15 is 0 Å². The molecule has 156 valence electrons. The largest absolute Gasteiger partial charge is 0.496 e. The molecule has 0 saturated carbocycles. The van der Waals surface area contributed by atoms with Gasteiger partial charge in [-0.05, 0) is 25.7 Å². The topological polar surface area (TPSA) is 65.1 Å². The summed E-state index contributed by atoms with van der Waals surface area (Å²) in [5.74, 6) is 0.438. The van der Waals surface area contributed by atoms with Crippen LogP contribution in [-0.4, -0.2) is 55.8 Å². The number of piperidine rings is 1. The first kappa shape index (κ1) is 21.2. The number of benzene rings is 1. The van der Waals surface area contributed by atoms with Gasteiger partial charge in [-0.3, -0.25) is 9.59 Å². The minimum absolute atomic E-state index is 0.0495. The van der Waals surface area contributed by atoms with Gasteiger partial charge >= 0.3 is 0 Å². The number of rotatable bonds is 7. The molecule has 7 heteroatoms. The number of alkyl halides is 1. The summed E-state index contributed by atoms with van der Waals surface area (Å²) in [7, 11) is 4.53. The van der Waals surface area contributed by atoms with Gasteiger partial charge < -0.3 is 19.1 Å². The second-order valence-corrected chi connectivity index (χ2v) is 7.78. The highest BCUT2D eigenvalue weighted by Crippen LogP contribution is 2.49. The van der Waals surface area contributed by atoms with Gasteiger partial charge in [0.2, 0.25) is 5.78 Å². The van der Waals surface area contributed by atoms with Gasteiger partial charge in [-0.15, -0.1) is 18.2 Å². The van der Waals surface area contributed by atoms with Gasteiger partial charge in [0.1, 0.15) is 17.2 Å². The molecular formula is C22H26ClNO5. The van der Waals surface area contributed by atoms with Crippen molar-refractivity contribution < 1.29 is 23.8 Å². The lowest BCUT2D eigenvalue weighted by molar-refractivity contribution is -0.124. The minimum Gasteiger partial charge on any atom is -0.496 e. The zero-order valence-electron chi connectivity index (χ0n) is 17.0. The number of methoxy groups -OCH3 is 3. The van der Waals surface area contributed by atoms with Crippen molar-refractivity contribution in [1.29, 1.82) is 0 Å². The van der Waals surface area contributed by atoms with E-state index in [0.717, 1.165) is 19.3 Å². The van der Waals surface area contributed by atoms with Crippen LogP contribution >= 0.6 is 11.6 Å². The number of allylic oxidation sites excluding steroid dienone is 3. The Kier molecular flexibility index (Phi) is 6.22. The van der Waals surface area contributed by atoms with Gasteiger partial charge in [-0.1, -0.05) is 6.08 Å². The van der Waals surface area contributed by atoms with Gasteiger partial charge in [0.05, 0.1) is 38.2 Å². The average molecular weight is 420 g/mol. The smallest absolute Gasteiger partial charge is 0.208 e. The molecule has 3 rings (SSSR count). The van der Waals surface area contributed by atoms with E-state index in [1.165, 1.54) is 27.4 Å². The maximum absolute atomic E-state index is 13.5. The van der Waals surface area contributed by atoms with Crippen LogP contribution in [0.4, 0.5) is 0 Å². The Morgan fingerprint density at radius 2 is 1.62 bits per heavy atom. The van der Waals surface area contributed by atoms with E-state index in [2.05, 4.69) is 6.58 Å². The summed E-state index contributed by atoms with van der Waals surface area (Å²) < 4.78 is 16.4. The van der Waals surface area contributed by atoms with Gasteiger partial charge in [0.25, 0.3) is 0 Å². The van der Waals surface area contributed by atoms with E-state index in [0.29, 0.717) is 41.6 Å². The number of carbonyl (C=O) groups is 2. The van der Waals surface area contributed by atoms with E-state index < -0.39 is 10.7 Å². The number of hydrogen-bond donors (Lipinski definition) is 0. The molecule has 6 nitrogen and oxygen atoms in total. The van der Waals surface area contributed by atoms with Crippen molar-refractivity contribution in [3.8, 4) is 17.2 Å². The number of ether oxygens (including phenoxy) is 3. The maximum atomic E-state index is 13.5. The maximum Gasteiger partial charge on any atom is 0.208 e. The number of ketones is 2. The molecule has 1 unspecified atom stereocenters. The quantitative estimate of drug-likeness (QED) is 0.382. The fraction of sp³-hybridized carbons (Fsp3) is 0.455. The predicted molar refractivity (Wildman–Crippen MR) is 112 cm³/mol. The lowest BCUT2D eigenvalue weighted by Gasteiger charge is -2.30. The van der Waals surface area contributed by atoms with Crippen LogP contribution in [0.25, 0.3) is 5.57 Å². The number of Topliss-reactive ketones (excluding diaryl/α,β-unsaturated/α-hetero) is 2. The monoisotopic (exact) mass is 419 g/mol. The van der Waals surface area contributed by atoms with E-state index in [-0.39, 0.29) is 17.8 Å². The number of nitrogens with zero attached hydrogens (tertiary/aromatic N) is 1. The Bertz CT molecular complexity index is 847. The van der Waals surface area contributed by atoms with Crippen molar-refractivity contribution in [2.45, 2.75) is 30.6 Å². The SMILES string of the molecule is C=CCC1(Cl)C(=O)C(c2c(OC)cc(OC)cc2OC)=C(N2CCCCC2)C1=O. The first-order valence-corrected chi connectivity index (χ1v) is 9.99. The van der Waals surface area contributed by atoms with E-state index in [4.69, 9.17) is 25.8 Å². The minimum atomic E-state index is -1.69. The zero-order chi connectivity index (χ0) is 21.2. The Balaban J connectivity index is 2.30. The molecule has 2 aliphatic rings. The number of likely N-dealkylation sites (tertiary alicyclic amines) is 1. The van der Waals surface area contributed by atoms with Crippen molar-refractivity contribution in [3.05, 3.63) is 36.0 Å². The fourth-order valence-corrected chi connectivity index (χ4v) is 4.29. The molecule has 1 heterocycles. The molecule has 1 saturated heterocycles. The van der Waals surface area contributed by atoms with Crippen LogP contribution in [-0.2, 0) is 9.59 Å². The number of halogens is 1. The second-order valence-electron chi connectivity index (χ2n) is 7.13. The summed E-state index contributed by atoms with van der Waals surface area (Å²) in [5, 5.41) is 0. The lowest BCUT2D eigenvalue weighted by Crippen LogP contribution is -2.39. The van der Waals surface area contributed by atoms with Gasteiger partial charge in [0, 0.05) is 25.2 Å². The van der Waals surface area contributed by atoms with Crippen LogP contribution < -0.4 is 14.2 Å². The Morgan fingerprint density at radius 1 is 1.03 bits per heavy atom.